The Balaban J connectivity index is 2.69. The van der Waals surface area contributed by atoms with Crippen molar-refractivity contribution in [3.63, 3.8) is 0 Å². The zero-order valence-electron chi connectivity index (χ0n) is 10.3. The van der Waals surface area contributed by atoms with Crippen molar-refractivity contribution in [1.29, 1.82) is 0 Å². The zero-order chi connectivity index (χ0) is 13.6. The Hall–Kier alpha value is -2.55. The summed E-state index contributed by atoms with van der Waals surface area (Å²) in [7, 11) is 0. The van der Waals surface area contributed by atoms with Crippen LogP contribution in [0.25, 0.3) is 27.6 Å². The second kappa shape index (κ2) is 3.99. The molecule has 3 heteroatoms. The molecule has 0 saturated heterocycles. The second-order valence-corrected chi connectivity index (χ2v) is 4.58. The van der Waals surface area contributed by atoms with Crippen LogP contribution >= 0.6 is 0 Å². The third-order valence-electron chi connectivity index (χ3n) is 3.48. The summed E-state index contributed by atoms with van der Waals surface area (Å²) >= 11 is 0. The summed E-state index contributed by atoms with van der Waals surface area (Å²) in [5.74, 6) is -0.865. The van der Waals surface area contributed by atoms with E-state index in [4.69, 9.17) is 5.11 Å². The number of aliphatic carboxylic acids is 1. The van der Waals surface area contributed by atoms with Gasteiger partial charge in [-0.3, -0.25) is 0 Å². The van der Waals surface area contributed by atoms with Crippen molar-refractivity contribution in [1.82, 2.24) is 0 Å². The summed E-state index contributed by atoms with van der Waals surface area (Å²) < 4.78 is 0. The fourth-order valence-corrected chi connectivity index (χ4v) is 2.60. The Bertz CT molecular complexity index is 857. The van der Waals surface area contributed by atoms with Gasteiger partial charge in [-0.15, -0.1) is 0 Å². The van der Waals surface area contributed by atoms with Gasteiger partial charge >= 0.3 is 5.97 Å². The Morgan fingerprint density at radius 1 is 1.11 bits per heavy atom. The molecule has 3 aromatic rings. The van der Waals surface area contributed by atoms with Gasteiger partial charge in [0.15, 0.2) is 0 Å². The SMILES string of the molecule is Cc1c(O)c2cccc3cccc(/c1=C\C(=O)O)c32. The smallest absolute Gasteiger partial charge is 0.328 e. The van der Waals surface area contributed by atoms with Gasteiger partial charge in [0.2, 0.25) is 0 Å². The van der Waals surface area contributed by atoms with Crippen LogP contribution in [-0.4, -0.2) is 16.2 Å². The number of hydrogen-bond acceptors (Lipinski definition) is 2. The maximum atomic E-state index is 11.0. The Labute approximate surface area is 109 Å². The van der Waals surface area contributed by atoms with E-state index in [1.165, 1.54) is 0 Å². The van der Waals surface area contributed by atoms with E-state index in [9.17, 15) is 9.90 Å². The quantitative estimate of drug-likeness (QED) is 0.700. The van der Waals surface area contributed by atoms with Crippen LogP contribution in [0.3, 0.4) is 0 Å². The van der Waals surface area contributed by atoms with Crippen molar-refractivity contribution in [3.05, 3.63) is 47.2 Å². The predicted octanol–water partition coefficient (Wildman–Crippen LogP) is 2.59. The molecule has 0 bridgehead atoms. The lowest BCUT2D eigenvalue weighted by Gasteiger charge is -2.11. The summed E-state index contributed by atoms with van der Waals surface area (Å²) in [4.78, 5) is 11.0. The molecule has 19 heavy (non-hydrogen) atoms. The molecule has 0 aliphatic rings. The van der Waals surface area contributed by atoms with E-state index in [0.29, 0.717) is 10.8 Å². The highest BCUT2D eigenvalue weighted by molar-refractivity contribution is 6.14. The van der Waals surface area contributed by atoms with Gasteiger partial charge in [0.25, 0.3) is 0 Å². The molecular weight excluding hydrogens is 240 g/mol. The summed E-state index contributed by atoms with van der Waals surface area (Å²) in [6.45, 7) is 1.74. The molecule has 0 heterocycles. The number of rotatable bonds is 1. The number of carboxylic acids is 1. The number of aromatic hydroxyl groups is 1. The van der Waals surface area contributed by atoms with Gasteiger partial charge in [-0.2, -0.15) is 0 Å². The van der Waals surface area contributed by atoms with Crippen molar-refractivity contribution in [3.8, 4) is 5.75 Å². The number of carboxylic acid groups (broad SMARTS) is 1. The molecule has 3 rings (SSSR count). The highest BCUT2D eigenvalue weighted by Crippen LogP contribution is 2.32. The molecule has 0 atom stereocenters. The molecule has 0 unspecified atom stereocenters. The minimum absolute atomic E-state index is 0.150. The Kier molecular flexibility index (Phi) is 2.42. The van der Waals surface area contributed by atoms with Crippen LogP contribution < -0.4 is 5.22 Å². The highest BCUT2D eigenvalue weighted by atomic mass is 16.4. The predicted molar refractivity (Wildman–Crippen MR) is 75.2 cm³/mol. The lowest BCUT2D eigenvalue weighted by molar-refractivity contribution is -0.129. The van der Waals surface area contributed by atoms with Crippen molar-refractivity contribution in [2.75, 3.05) is 0 Å². The summed E-state index contributed by atoms with van der Waals surface area (Å²) in [5.41, 5.74) is 0.591. The molecule has 0 aliphatic heterocycles. The monoisotopic (exact) mass is 252 g/mol. The maximum Gasteiger partial charge on any atom is 0.328 e. The molecule has 0 radical (unpaired) electrons. The largest absolute Gasteiger partial charge is 0.507 e. The van der Waals surface area contributed by atoms with E-state index in [1.54, 1.807) is 6.92 Å². The zero-order valence-corrected chi connectivity index (χ0v) is 10.3. The van der Waals surface area contributed by atoms with Crippen LogP contribution in [0.15, 0.2) is 36.4 Å². The molecular formula is C16H12O3. The molecule has 0 spiro atoms. The summed E-state index contributed by atoms with van der Waals surface area (Å²) in [6.07, 6.45) is 1.15. The van der Waals surface area contributed by atoms with E-state index in [2.05, 4.69) is 0 Å². The van der Waals surface area contributed by atoms with Gasteiger partial charge in [0.1, 0.15) is 5.75 Å². The van der Waals surface area contributed by atoms with Crippen LogP contribution in [0, 0.1) is 6.92 Å². The molecule has 0 aromatic heterocycles. The van der Waals surface area contributed by atoms with Crippen LogP contribution in [-0.2, 0) is 4.79 Å². The van der Waals surface area contributed by atoms with Crippen molar-refractivity contribution >= 4 is 33.6 Å². The van der Waals surface area contributed by atoms with Crippen LogP contribution in [0.4, 0.5) is 0 Å². The van der Waals surface area contributed by atoms with Gasteiger partial charge in [-0.1, -0.05) is 36.4 Å². The standard InChI is InChI=1S/C16H12O3/c1-9-13(8-14(17)18)11-6-2-4-10-5-3-7-12(15(10)11)16(9)19/h2-8,19H,1H3,(H,17,18)/b13-8-. The van der Waals surface area contributed by atoms with E-state index >= 15 is 0 Å². The molecule has 0 amide bonds. The first-order valence-corrected chi connectivity index (χ1v) is 5.97. The fraction of sp³-hybridized carbons (Fsp3) is 0.0625. The van der Waals surface area contributed by atoms with Gasteiger partial charge in [-0.05, 0) is 28.5 Å². The number of phenols is 1. The lowest BCUT2D eigenvalue weighted by atomic mass is 9.95. The number of hydrogen-bond donors (Lipinski definition) is 2. The molecule has 0 aliphatic carbocycles. The topological polar surface area (TPSA) is 57.5 Å². The van der Waals surface area contributed by atoms with E-state index in [1.807, 2.05) is 36.4 Å². The minimum atomic E-state index is -1.02. The van der Waals surface area contributed by atoms with Crippen molar-refractivity contribution in [2.24, 2.45) is 0 Å². The number of phenolic OH excluding ortho intramolecular Hbond substituents is 1. The van der Waals surface area contributed by atoms with Crippen LogP contribution in [0.2, 0.25) is 0 Å². The Morgan fingerprint density at radius 3 is 2.37 bits per heavy atom. The Morgan fingerprint density at radius 2 is 1.74 bits per heavy atom. The molecule has 94 valence electrons. The van der Waals surface area contributed by atoms with Crippen molar-refractivity contribution in [2.45, 2.75) is 6.92 Å². The normalized spacial score (nSPS) is 12.4. The average Bonchev–Trinajstić information content (AvgIpc) is 2.40. The van der Waals surface area contributed by atoms with E-state index in [-0.39, 0.29) is 5.75 Å². The van der Waals surface area contributed by atoms with Crippen molar-refractivity contribution < 1.29 is 15.0 Å². The number of carbonyl (C=O) groups is 1. The van der Waals surface area contributed by atoms with Gasteiger partial charge in [0.05, 0.1) is 0 Å². The molecule has 0 fully saturated rings. The molecule has 3 aromatic carbocycles. The first-order valence-electron chi connectivity index (χ1n) is 5.97. The summed E-state index contributed by atoms with van der Waals surface area (Å²) in [6, 6.07) is 11.4. The highest BCUT2D eigenvalue weighted by Gasteiger charge is 2.11. The second-order valence-electron chi connectivity index (χ2n) is 4.58. The van der Waals surface area contributed by atoms with E-state index in [0.717, 1.165) is 27.6 Å². The number of benzene rings is 3. The molecule has 3 nitrogen and oxygen atoms in total. The van der Waals surface area contributed by atoms with Gasteiger partial charge < -0.3 is 10.2 Å². The summed E-state index contributed by atoms with van der Waals surface area (Å²) in [5, 5.41) is 23.3. The lowest BCUT2D eigenvalue weighted by Crippen LogP contribution is -2.11. The third kappa shape index (κ3) is 1.63. The van der Waals surface area contributed by atoms with Crippen LogP contribution in [0.5, 0.6) is 5.75 Å². The first kappa shape index (κ1) is 11.5. The van der Waals surface area contributed by atoms with Gasteiger partial charge in [-0.25, -0.2) is 4.79 Å². The average molecular weight is 252 g/mol. The fourth-order valence-electron chi connectivity index (χ4n) is 2.60. The molecule has 2 N–H and O–H groups in total. The molecule has 0 saturated carbocycles. The van der Waals surface area contributed by atoms with Gasteiger partial charge in [0, 0.05) is 16.8 Å². The van der Waals surface area contributed by atoms with E-state index < -0.39 is 5.97 Å². The van der Waals surface area contributed by atoms with Crippen LogP contribution in [0.1, 0.15) is 5.56 Å². The minimum Gasteiger partial charge on any atom is -0.507 e. The third-order valence-corrected chi connectivity index (χ3v) is 3.48. The maximum absolute atomic E-state index is 11.0. The first-order chi connectivity index (χ1) is 9.09.